The van der Waals surface area contributed by atoms with Crippen LogP contribution in [-0.2, 0) is 4.79 Å². The molecule has 3 unspecified atom stereocenters. The van der Waals surface area contributed by atoms with Crippen molar-refractivity contribution in [2.45, 2.75) is 31.3 Å². The minimum absolute atomic E-state index is 0.00749. The van der Waals surface area contributed by atoms with Gasteiger partial charge in [-0.2, -0.15) is 0 Å². The molecule has 2 N–H and O–H groups in total. The molecular weight excluding hydrogens is 288 g/mol. The van der Waals surface area contributed by atoms with Crippen LogP contribution >= 0.6 is 11.6 Å². The average Bonchev–Trinajstić information content (AvgIpc) is 3.10. The largest absolute Gasteiger partial charge is 0.310 e. The van der Waals surface area contributed by atoms with Crippen molar-refractivity contribution in [3.8, 4) is 0 Å². The maximum absolute atomic E-state index is 12.4. The summed E-state index contributed by atoms with van der Waals surface area (Å²) >= 11 is 6.13. The number of halogens is 1. The Bertz CT molecular complexity index is 720. The Hall–Kier alpha value is -1.72. The Labute approximate surface area is 127 Å². The Morgan fingerprint density at radius 1 is 1.24 bits per heavy atom. The molecule has 2 fully saturated rings. The number of nitrogens with zero attached hydrogens (tertiary/aromatic N) is 2. The molecule has 2 bridgehead atoms. The predicted octanol–water partition coefficient (Wildman–Crippen LogP) is 2.36. The summed E-state index contributed by atoms with van der Waals surface area (Å²) in [5.41, 5.74) is 1.45. The van der Waals surface area contributed by atoms with Crippen LogP contribution in [0.4, 0.5) is 5.82 Å². The number of amides is 1. The lowest BCUT2D eigenvalue weighted by Crippen LogP contribution is -2.33. The molecule has 2 aliphatic heterocycles. The van der Waals surface area contributed by atoms with E-state index in [0.717, 1.165) is 23.9 Å². The van der Waals surface area contributed by atoms with Gasteiger partial charge in [0.1, 0.15) is 0 Å². The third-order valence-corrected chi connectivity index (χ3v) is 4.67. The number of para-hydroxylation sites is 2. The number of nitrogens with one attached hydrogen (secondary N) is 2. The number of carbonyl (C=O) groups excluding carboxylic acids is 1. The van der Waals surface area contributed by atoms with Crippen LogP contribution in [0.3, 0.4) is 0 Å². The second kappa shape index (κ2) is 4.93. The summed E-state index contributed by atoms with van der Waals surface area (Å²) in [5.74, 6) is 0.345. The van der Waals surface area contributed by atoms with Crippen LogP contribution in [0.25, 0.3) is 11.0 Å². The Kier molecular flexibility index (Phi) is 3.05. The lowest BCUT2D eigenvalue weighted by atomic mass is 9.88. The van der Waals surface area contributed by atoms with Gasteiger partial charge in [0.15, 0.2) is 11.0 Å². The zero-order chi connectivity index (χ0) is 14.4. The summed E-state index contributed by atoms with van der Waals surface area (Å²) in [6, 6.07) is 8.25. The highest BCUT2D eigenvalue weighted by atomic mass is 35.5. The van der Waals surface area contributed by atoms with E-state index in [1.54, 1.807) is 0 Å². The summed E-state index contributed by atoms with van der Waals surface area (Å²) < 4.78 is 0. The Morgan fingerprint density at radius 3 is 2.67 bits per heavy atom. The highest BCUT2D eigenvalue weighted by Crippen LogP contribution is 2.34. The second-order valence-corrected chi connectivity index (χ2v) is 6.09. The van der Waals surface area contributed by atoms with E-state index in [2.05, 4.69) is 20.6 Å². The number of benzene rings is 1. The van der Waals surface area contributed by atoms with Gasteiger partial charge < -0.3 is 10.6 Å². The van der Waals surface area contributed by atoms with E-state index >= 15 is 0 Å². The maximum atomic E-state index is 12.4. The van der Waals surface area contributed by atoms with Crippen molar-refractivity contribution in [2.75, 3.05) is 5.32 Å². The first kappa shape index (κ1) is 13.0. The summed E-state index contributed by atoms with van der Waals surface area (Å²) in [6.45, 7) is 0. The number of fused-ring (bicyclic) bond motifs is 3. The van der Waals surface area contributed by atoms with Crippen LogP contribution in [0.1, 0.15) is 19.3 Å². The number of anilines is 1. The fourth-order valence-electron chi connectivity index (χ4n) is 3.38. The van der Waals surface area contributed by atoms with E-state index in [9.17, 15) is 4.79 Å². The van der Waals surface area contributed by atoms with Crippen LogP contribution in [0.15, 0.2) is 24.3 Å². The highest BCUT2D eigenvalue weighted by Gasteiger charge is 2.42. The number of aromatic nitrogens is 2. The molecule has 3 atom stereocenters. The molecule has 21 heavy (non-hydrogen) atoms. The molecule has 6 heteroatoms. The number of carbonyl (C=O) groups is 1. The van der Waals surface area contributed by atoms with Crippen molar-refractivity contribution in [3.05, 3.63) is 29.4 Å². The summed E-state index contributed by atoms with van der Waals surface area (Å²) in [5, 5.41) is 6.54. The molecule has 2 aromatic rings. The molecule has 1 amide bonds. The number of hydrogen-bond acceptors (Lipinski definition) is 4. The van der Waals surface area contributed by atoms with Crippen molar-refractivity contribution in [2.24, 2.45) is 5.92 Å². The molecule has 1 aromatic carbocycles. The zero-order valence-electron chi connectivity index (χ0n) is 11.3. The maximum Gasteiger partial charge on any atom is 0.230 e. The molecule has 2 aliphatic rings. The molecule has 0 radical (unpaired) electrons. The standard InChI is InChI=1S/C15H15ClN4O/c16-13-14(19-12-4-2-1-3-11(12)18-13)20-15(21)9-7-8-5-6-10(9)17-8/h1-4,8-10,17H,5-7H2,(H,19,20,21). The topological polar surface area (TPSA) is 66.9 Å². The van der Waals surface area contributed by atoms with Crippen molar-refractivity contribution < 1.29 is 4.79 Å². The summed E-state index contributed by atoms with van der Waals surface area (Å²) in [4.78, 5) is 21.1. The molecule has 0 spiro atoms. The van der Waals surface area contributed by atoms with Gasteiger partial charge >= 0.3 is 0 Å². The van der Waals surface area contributed by atoms with Crippen LogP contribution < -0.4 is 10.6 Å². The molecule has 4 rings (SSSR count). The van der Waals surface area contributed by atoms with Gasteiger partial charge in [-0.15, -0.1) is 0 Å². The van der Waals surface area contributed by atoms with E-state index in [1.165, 1.54) is 6.42 Å². The predicted molar refractivity (Wildman–Crippen MR) is 81.2 cm³/mol. The van der Waals surface area contributed by atoms with Crippen molar-refractivity contribution in [1.82, 2.24) is 15.3 Å². The van der Waals surface area contributed by atoms with Gasteiger partial charge in [-0.3, -0.25) is 4.79 Å². The summed E-state index contributed by atoms with van der Waals surface area (Å²) in [7, 11) is 0. The van der Waals surface area contributed by atoms with E-state index < -0.39 is 0 Å². The lowest BCUT2D eigenvalue weighted by Gasteiger charge is -2.19. The fourth-order valence-corrected chi connectivity index (χ4v) is 3.56. The van der Waals surface area contributed by atoms with Gasteiger partial charge in [-0.05, 0) is 31.4 Å². The van der Waals surface area contributed by atoms with Crippen molar-refractivity contribution in [1.29, 1.82) is 0 Å². The Balaban J connectivity index is 1.59. The molecule has 0 saturated carbocycles. The molecule has 108 valence electrons. The minimum Gasteiger partial charge on any atom is -0.310 e. The van der Waals surface area contributed by atoms with Gasteiger partial charge in [-0.25, -0.2) is 9.97 Å². The van der Waals surface area contributed by atoms with Gasteiger partial charge in [0.2, 0.25) is 5.91 Å². The van der Waals surface area contributed by atoms with E-state index in [-0.39, 0.29) is 17.0 Å². The van der Waals surface area contributed by atoms with Crippen LogP contribution in [0.2, 0.25) is 5.15 Å². The van der Waals surface area contributed by atoms with E-state index in [4.69, 9.17) is 11.6 Å². The van der Waals surface area contributed by atoms with Crippen LogP contribution in [0.5, 0.6) is 0 Å². The van der Waals surface area contributed by atoms with Crippen molar-refractivity contribution >= 4 is 34.4 Å². The quantitative estimate of drug-likeness (QED) is 0.894. The summed E-state index contributed by atoms with van der Waals surface area (Å²) in [6.07, 6.45) is 3.14. The van der Waals surface area contributed by atoms with Gasteiger partial charge in [0.05, 0.1) is 17.0 Å². The third-order valence-electron chi connectivity index (χ3n) is 4.41. The highest BCUT2D eigenvalue weighted by molar-refractivity contribution is 6.32. The minimum atomic E-state index is -0.0128. The molecule has 1 aromatic heterocycles. The second-order valence-electron chi connectivity index (χ2n) is 5.73. The van der Waals surface area contributed by atoms with Crippen LogP contribution in [-0.4, -0.2) is 28.0 Å². The number of rotatable bonds is 2. The smallest absolute Gasteiger partial charge is 0.230 e. The van der Waals surface area contributed by atoms with Gasteiger partial charge in [0.25, 0.3) is 0 Å². The fraction of sp³-hybridized carbons (Fsp3) is 0.400. The van der Waals surface area contributed by atoms with E-state index in [0.29, 0.717) is 17.9 Å². The van der Waals surface area contributed by atoms with Crippen molar-refractivity contribution in [3.63, 3.8) is 0 Å². The van der Waals surface area contributed by atoms with Crippen LogP contribution in [0, 0.1) is 5.92 Å². The first-order valence-corrected chi connectivity index (χ1v) is 7.58. The molecule has 0 aliphatic carbocycles. The van der Waals surface area contributed by atoms with Gasteiger partial charge in [-0.1, -0.05) is 23.7 Å². The molecule has 3 heterocycles. The Morgan fingerprint density at radius 2 is 2.00 bits per heavy atom. The number of hydrogen-bond donors (Lipinski definition) is 2. The van der Waals surface area contributed by atoms with E-state index in [1.807, 2.05) is 24.3 Å². The molecule has 5 nitrogen and oxygen atoms in total. The average molecular weight is 303 g/mol. The first-order valence-electron chi connectivity index (χ1n) is 7.20. The zero-order valence-corrected chi connectivity index (χ0v) is 12.1. The molecular formula is C15H15ClN4O. The SMILES string of the molecule is O=C(Nc1nc2ccccc2nc1Cl)C1CC2CCC1N2. The first-order chi connectivity index (χ1) is 10.2. The normalized spacial score (nSPS) is 27.2. The molecule has 2 saturated heterocycles. The lowest BCUT2D eigenvalue weighted by molar-refractivity contribution is -0.120. The monoisotopic (exact) mass is 302 g/mol. The van der Waals surface area contributed by atoms with Gasteiger partial charge in [0, 0.05) is 12.1 Å². The third kappa shape index (κ3) is 2.26.